The number of hydrogen-bond donors (Lipinski definition) is 2. The minimum atomic E-state index is -4.89. The van der Waals surface area contributed by atoms with Gasteiger partial charge in [0.1, 0.15) is 5.01 Å². The average molecular weight is 338 g/mol. The summed E-state index contributed by atoms with van der Waals surface area (Å²) in [4.78, 5) is 4.00. The molecule has 1 heterocycles. The van der Waals surface area contributed by atoms with E-state index in [-0.39, 0.29) is 10.6 Å². The lowest BCUT2D eigenvalue weighted by atomic mass is 9.93. The van der Waals surface area contributed by atoms with Crippen molar-refractivity contribution in [3.63, 3.8) is 0 Å². The topological polar surface area (TPSA) is 45.1 Å². The fourth-order valence-corrected chi connectivity index (χ4v) is 3.41. The second-order valence-electron chi connectivity index (χ2n) is 5.02. The molecule has 0 aliphatic carbocycles. The van der Waals surface area contributed by atoms with Crippen molar-refractivity contribution in [1.82, 2.24) is 4.98 Å². The van der Waals surface area contributed by atoms with E-state index < -0.39 is 11.8 Å². The van der Waals surface area contributed by atoms with Crippen LogP contribution in [0, 0.1) is 0 Å². The van der Waals surface area contributed by atoms with Crippen LogP contribution in [0.15, 0.2) is 48.5 Å². The van der Waals surface area contributed by atoms with Gasteiger partial charge in [-0.2, -0.15) is 13.2 Å². The smallest absolute Gasteiger partial charge is 0.388 e. The number of nitrogens with one attached hydrogen (secondary N) is 1. The van der Waals surface area contributed by atoms with Gasteiger partial charge in [0, 0.05) is 12.7 Å². The molecule has 3 rings (SSSR count). The van der Waals surface area contributed by atoms with Crippen LogP contribution in [0.2, 0.25) is 0 Å². The molecule has 0 spiro atoms. The molecule has 3 nitrogen and oxygen atoms in total. The number of aliphatic hydroxyl groups is 1. The molecule has 2 N–H and O–H groups in total. The Morgan fingerprint density at radius 3 is 2.26 bits per heavy atom. The predicted molar refractivity (Wildman–Crippen MR) is 84.7 cm³/mol. The van der Waals surface area contributed by atoms with Crippen LogP contribution in [-0.4, -0.2) is 23.3 Å². The molecule has 0 radical (unpaired) electrons. The Morgan fingerprint density at radius 2 is 1.70 bits per heavy atom. The predicted octanol–water partition coefficient (Wildman–Crippen LogP) is 4.14. The summed E-state index contributed by atoms with van der Waals surface area (Å²) >= 11 is 0.839. The van der Waals surface area contributed by atoms with E-state index in [1.807, 2.05) is 0 Å². The summed E-state index contributed by atoms with van der Waals surface area (Å²) in [6.45, 7) is 0. The van der Waals surface area contributed by atoms with Crippen molar-refractivity contribution in [2.75, 3.05) is 12.4 Å². The summed E-state index contributed by atoms with van der Waals surface area (Å²) in [5, 5.41) is 13.0. The zero-order valence-corrected chi connectivity index (χ0v) is 12.9. The highest BCUT2D eigenvalue weighted by Gasteiger charge is 2.58. The largest absolute Gasteiger partial charge is 0.428 e. The Morgan fingerprint density at radius 1 is 1.04 bits per heavy atom. The number of benzene rings is 2. The number of aromatic nitrogens is 1. The van der Waals surface area contributed by atoms with E-state index in [4.69, 9.17) is 0 Å². The van der Waals surface area contributed by atoms with Gasteiger partial charge in [0.15, 0.2) is 0 Å². The van der Waals surface area contributed by atoms with Gasteiger partial charge in [-0.3, -0.25) is 0 Å². The van der Waals surface area contributed by atoms with Gasteiger partial charge in [0.05, 0.1) is 10.2 Å². The number of anilines is 1. The van der Waals surface area contributed by atoms with E-state index in [2.05, 4.69) is 10.3 Å². The van der Waals surface area contributed by atoms with Crippen LogP contribution in [0.5, 0.6) is 0 Å². The van der Waals surface area contributed by atoms with Crippen LogP contribution in [0.1, 0.15) is 10.6 Å². The Bertz CT molecular complexity index is 796. The Hall–Kier alpha value is -2.12. The first-order valence-corrected chi connectivity index (χ1v) is 7.61. The number of fused-ring (bicyclic) bond motifs is 1. The lowest BCUT2D eigenvalue weighted by molar-refractivity contribution is -0.248. The van der Waals surface area contributed by atoms with Gasteiger partial charge < -0.3 is 10.4 Å². The lowest BCUT2D eigenvalue weighted by Gasteiger charge is -2.29. The second-order valence-corrected chi connectivity index (χ2v) is 6.05. The van der Waals surface area contributed by atoms with Crippen molar-refractivity contribution in [1.29, 1.82) is 0 Å². The SMILES string of the molecule is CNc1ccc(C(O)(c2nc3ccccc3s2)C(F)(F)F)cc1. The molecule has 1 atom stereocenters. The molecule has 0 aliphatic rings. The summed E-state index contributed by atoms with van der Waals surface area (Å²) < 4.78 is 41.7. The van der Waals surface area contributed by atoms with Crippen LogP contribution >= 0.6 is 11.3 Å². The van der Waals surface area contributed by atoms with Crippen LogP contribution in [-0.2, 0) is 5.60 Å². The van der Waals surface area contributed by atoms with Crippen molar-refractivity contribution < 1.29 is 18.3 Å². The summed E-state index contributed by atoms with van der Waals surface area (Å²) in [6, 6.07) is 12.2. The highest BCUT2D eigenvalue weighted by molar-refractivity contribution is 7.18. The Balaban J connectivity index is 2.19. The van der Waals surface area contributed by atoms with Gasteiger partial charge in [-0.15, -0.1) is 11.3 Å². The Labute approximate surface area is 134 Å². The van der Waals surface area contributed by atoms with E-state index in [1.54, 1.807) is 31.3 Å². The molecule has 0 saturated heterocycles. The van der Waals surface area contributed by atoms with Gasteiger partial charge in [-0.05, 0) is 29.8 Å². The third-order valence-electron chi connectivity index (χ3n) is 3.60. The molecular formula is C16H13F3N2OS. The van der Waals surface area contributed by atoms with Crippen molar-refractivity contribution in [2.24, 2.45) is 0 Å². The van der Waals surface area contributed by atoms with E-state index >= 15 is 0 Å². The molecule has 3 aromatic rings. The molecule has 0 aliphatic heterocycles. The molecule has 7 heteroatoms. The monoisotopic (exact) mass is 338 g/mol. The number of rotatable bonds is 3. The van der Waals surface area contributed by atoms with Crippen molar-refractivity contribution in [3.8, 4) is 0 Å². The fourth-order valence-electron chi connectivity index (χ4n) is 2.31. The van der Waals surface area contributed by atoms with Crippen LogP contribution < -0.4 is 5.32 Å². The zero-order chi connectivity index (χ0) is 16.7. The molecule has 0 saturated carbocycles. The maximum Gasteiger partial charge on any atom is 0.428 e. The Kier molecular flexibility index (Phi) is 3.77. The van der Waals surface area contributed by atoms with Crippen molar-refractivity contribution in [3.05, 3.63) is 59.1 Å². The van der Waals surface area contributed by atoms with Crippen LogP contribution in [0.25, 0.3) is 10.2 Å². The van der Waals surface area contributed by atoms with E-state index in [0.29, 0.717) is 15.9 Å². The molecule has 120 valence electrons. The quantitative estimate of drug-likeness (QED) is 0.754. The number of para-hydroxylation sites is 1. The highest BCUT2D eigenvalue weighted by atomic mass is 32.1. The fraction of sp³-hybridized carbons (Fsp3) is 0.188. The van der Waals surface area contributed by atoms with E-state index in [0.717, 1.165) is 11.3 Å². The minimum Gasteiger partial charge on any atom is -0.388 e. The van der Waals surface area contributed by atoms with Gasteiger partial charge in [0.2, 0.25) is 5.60 Å². The molecule has 1 unspecified atom stereocenters. The number of alkyl halides is 3. The van der Waals surface area contributed by atoms with Crippen molar-refractivity contribution in [2.45, 2.75) is 11.8 Å². The van der Waals surface area contributed by atoms with Crippen LogP contribution in [0.4, 0.5) is 18.9 Å². The van der Waals surface area contributed by atoms with E-state index in [1.165, 1.54) is 24.3 Å². The number of thiazole rings is 1. The molecule has 23 heavy (non-hydrogen) atoms. The molecule has 1 aromatic heterocycles. The van der Waals surface area contributed by atoms with Gasteiger partial charge in [-0.25, -0.2) is 4.98 Å². The lowest BCUT2D eigenvalue weighted by Crippen LogP contribution is -2.43. The summed E-state index contributed by atoms with van der Waals surface area (Å²) in [5.74, 6) is 0. The van der Waals surface area contributed by atoms with E-state index in [9.17, 15) is 18.3 Å². The normalized spacial score (nSPS) is 14.7. The number of hydrogen-bond acceptors (Lipinski definition) is 4. The van der Waals surface area contributed by atoms with Crippen LogP contribution in [0.3, 0.4) is 0 Å². The zero-order valence-electron chi connectivity index (χ0n) is 12.1. The first-order chi connectivity index (χ1) is 10.9. The molecule has 0 bridgehead atoms. The second kappa shape index (κ2) is 5.50. The summed E-state index contributed by atoms with van der Waals surface area (Å²) in [5.41, 5.74) is -2.31. The van der Waals surface area contributed by atoms with Gasteiger partial charge in [0.25, 0.3) is 0 Å². The first-order valence-electron chi connectivity index (χ1n) is 6.79. The summed E-state index contributed by atoms with van der Waals surface area (Å²) in [7, 11) is 1.67. The standard InChI is InChI=1S/C16H13F3N2OS/c1-20-11-8-6-10(7-9-11)15(22,16(17,18)19)14-21-12-4-2-3-5-13(12)23-14/h2-9,20,22H,1H3. The maximum atomic E-state index is 13.7. The van der Waals surface area contributed by atoms with Gasteiger partial charge >= 0.3 is 6.18 Å². The first kappa shape index (κ1) is 15.8. The summed E-state index contributed by atoms with van der Waals surface area (Å²) in [6.07, 6.45) is -4.89. The highest BCUT2D eigenvalue weighted by Crippen LogP contribution is 2.46. The third-order valence-corrected chi connectivity index (χ3v) is 4.75. The molecule has 0 amide bonds. The minimum absolute atomic E-state index is 0.261. The molecule has 2 aromatic carbocycles. The average Bonchev–Trinajstić information content (AvgIpc) is 2.97. The molecular weight excluding hydrogens is 325 g/mol. The van der Waals surface area contributed by atoms with Gasteiger partial charge in [-0.1, -0.05) is 24.3 Å². The maximum absolute atomic E-state index is 13.7. The number of halogens is 3. The van der Waals surface area contributed by atoms with Crippen molar-refractivity contribution >= 4 is 27.2 Å². The molecule has 0 fully saturated rings. The third kappa shape index (κ3) is 2.55. The number of nitrogens with zero attached hydrogens (tertiary/aromatic N) is 1.